The third kappa shape index (κ3) is 4.79. The first-order chi connectivity index (χ1) is 11.0. The lowest BCUT2D eigenvalue weighted by molar-refractivity contribution is 0.0535. The van der Waals surface area contributed by atoms with Crippen molar-refractivity contribution in [3.8, 4) is 0 Å². The van der Waals surface area contributed by atoms with Crippen molar-refractivity contribution in [1.29, 1.82) is 0 Å². The van der Waals surface area contributed by atoms with Crippen LogP contribution in [-0.2, 0) is 17.8 Å². The number of carbonyl (C=O) groups is 1. The molecule has 0 aromatic heterocycles. The SMILES string of the molecule is CC1CCCCC(N)C1.Cc1c(CCN)ccc2c1COC2=O. The second-order valence-corrected chi connectivity index (χ2v) is 6.88. The van der Waals surface area contributed by atoms with E-state index in [2.05, 4.69) is 6.92 Å². The summed E-state index contributed by atoms with van der Waals surface area (Å²) in [6, 6.07) is 4.30. The van der Waals surface area contributed by atoms with Crippen molar-refractivity contribution in [1.82, 2.24) is 0 Å². The maximum atomic E-state index is 11.2. The first kappa shape index (κ1) is 18.0. The van der Waals surface area contributed by atoms with E-state index in [4.69, 9.17) is 16.2 Å². The van der Waals surface area contributed by atoms with Gasteiger partial charge in [0.2, 0.25) is 0 Å². The molecule has 2 unspecified atom stereocenters. The monoisotopic (exact) mass is 318 g/mol. The second-order valence-electron chi connectivity index (χ2n) is 6.88. The lowest BCUT2D eigenvalue weighted by Crippen LogP contribution is -2.20. The van der Waals surface area contributed by atoms with E-state index in [0.717, 1.165) is 23.5 Å². The number of hydrogen-bond acceptors (Lipinski definition) is 4. The zero-order valence-corrected chi connectivity index (χ0v) is 14.4. The highest BCUT2D eigenvalue weighted by Gasteiger charge is 2.23. The predicted octanol–water partition coefficient (Wildman–Crippen LogP) is 3.08. The molecular formula is C19H30N2O2. The van der Waals surface area contributed by atoms with Crippen molar-refractivity contribution in [2.45, 2.75) is 65.0 Å². The van der Waals surface area contributed by atoms with E-state index >= 15 is 0 Å². The summed E-state index contributed by atoms with van der Waals surface area (Å²) in [6.07, 6.45) is 7.51. The Hall–Kier alpha value is -1.39. The van der Waals surface area contributed by atoms with Crippen LogP contribution in [-0.4, -0.2) is 18.6 Å². The highest BCUT2D eigenvalue weighted by atomic mass is 16.5. The molecule has 1 aromatic rings. The molecule has 4 heteroatoms. The molecule has 2 aliphatic rings. The number of nitrogens with two attached hydrogens (primary N) is 2. The van der Waals surface area contributed by atoms with Gasteiger partial charge in [-0.15, -0.1) is 0 Å². The van der Waals surface area contributed by atoms with E-state index in [0.29, 0.717) is 24.8 Å². The molecule has 3 rings (SSSR count). The third-order valence-corrected chi connectivity index (χ3v) is 4.92. The molecule has 0 spiro atoms. The smallest absolute Gasteiger partial charge is 0.338 e. The summed E-state index contributed by atoms with van der Waals surface area (Å²) in [5.41, 5.74) is 15.4. The molecule has 1 fully saturated rings. The summed E-state index contributed by atoms with van der Waals surface area (Å²) in [7, 11) is 0. The molecule has 0 saturated heterocycles. The van der Waals surface area contributed by atoms with Gasteiger partial charge in [0.05, 0.1) is 5.56 Å². The highest BCUT2D eigenvalue weighted by Crippen LogP contribution is 2.25. The van der Waals surface area contributed by atoms with Crippen molar-refractivity contribution in [2.24, 2.45) is 17.4 Å². The van der Waals surface area contributed by atoms with Gasteiger partial charge in [-0.05, 0) is 55.8 Å². The number of benzene rings is 1. The fourth-order valence-electron chi connectivity index (χ4n) is 3.48. The number of hydrogen-bond donors (Lipinski definition) is 2. The van der Waals surface area contributed by atoms with Gasteiger partial charge in [-0.1, -0.05) is 32.3 Å². The number of carbonyl (C=O) groups excluding carboxylic acids is 1. The van der Waals surface area contributed by atoms with Crippen molar-refractivity contribution in [2.75, 3.05) is 6.54 Å². The lowest BCUT2D eigenvalue weighted by Gasteiger charge is -2.10. The van der Waals surface area contributed by atoms with Crippen molar-refractivity contribution >= 4 is 5.97 Å². The predicted molar refractivity (Wildman–Crippen MR) is 93.3 cm³/mol. The topological polar surface area (TPSA) is 78.3 Å². The molecular weight excluding hydrogens is 288 g/mol. The summed E-state index contributed by atoms with van der Waals surface area (Å²) in [6.45, 7) is 5.38. The fraction of sp³-hybridized carbons (Fsp3) is 0.632. The molecule has 1 saturated carbocycles. The van der Waals surface area contributed by atoms with E-state index < -0.39 is 0 Å². The van der Waals surface area contributed by atoms with E-state index in [1.807, 2.05) is 19.1 Å². The average molecular weight is 318 g/mol. The molecule has 1 aromatic carbocycles. The van der Waals surface area contributed by atoms with Crippen LogP contribution in [0.2, 0.25) is 0 Å². The molecule has 2 atom stereocenters. The highest BCUT2D eigenvalue weighted by molar-refractivity contribution is 5.93. The third-order valence-electron chi connectivity index (χ3n) is 4.92. The Morgan fingerprint density at radius 3 is 2.74 bits per heavy atom. The maximum Gasteiger partial charge on any atom is 0.338 e. The first-order valence-corrected chi connectivity index (χ1v) is 8.77. The van der Waals surface area contributed by atoms with Crippen molar-refractivity contribution < 1.29 is 9.53 Å². The van der Waals surface area contributed by atoms with Gasteiger partial charge in [-0.25, -0.2) is 4.79 Å². The van der Waals surface area contributed by atoms with Gasteiger partial charge in [0, 0.05) is 11.6 Å². The number of rotatable bonds is 2. The fourth-order valence-corrected chi connectivity index (χ4v) is 3.48. The Bertz CT molecular complexity index is 532. The number of ether oxygens (including phenoxy) is 1. The van der Waals surface area contributed by atoms with Gasteiger partial charge >= 0.3 is 5.97 Å². The molecule has 0 radical (unpaired) electrons. The lowest BCUT2D eigenvalue weighted by atomic mass is 9.97. The van der Waals surface area contributed by atoms with Gasteiger partial charge in [0.25, 0.3) is 0 Å². The minimum Gasteiger partial charge on any atom is -0.457 e. The Labute approximate surface area is 139 Å². The number of fused-ring (bicyclic) bond motifs is 1. The van der Waals surface area contributed by atoms with Crippen LogP contribution in [0.25, 0.3) is 0 Å². The van der Waals surface area contributed by atoms with Crippen molar-refractivity contribution in [3.05, 3.63) is 34.4 Å². The van der Waals surface area contributed by atoms with Gasteiger partial charge in [-0.2, -0.15) is 0 Å². The molecule has 4 nitrogen and oxygen atoms in total. The summed E-state index contributed by atoms with van der Waals surface area (Å²) >= 11 is 0. The maximum absolute atomic E-state index is 11.2. The van der Waals surface area contributed by atoms with Crippen LogP contribution < -0.4 is 11.5 Å². The quantitative estimate of drug-likeness (QED) is 0.649. The Morgan fingerprint density at radius 2 is 2.00 bits per heavy atom. The van der Waals surface area contributed by atoms with Gasteiger partial charge in [0.1, 0.15) is 6.61 Å². The average Bonchev–Trinajstić information content (AvgIpc) is 2.78. The van der Waals surface area contributed by atoms with Crippen molar-refractivity contribution in [3.63, 3.8) is 0 Å². The van der Waals surface area contributed by atoms with Gasteiger partial charge in [-0.3, -0.25) is 0 Å². The molecule has 1 aliphatic heterocycles. The summed E-state index contributed by atoms with van der Waals surface area (Å²) in [5.74, 6) is 0.671. The number of cyclic esters (lactones) is 1. The minimum absolute atomic E-state index is 0.206. The molecule has 1 heterocycles. The zero-order valence-electron chi connectivity index (χ0n) is 14.4. The van der Waals surface area contributed by atoms with Gasteiger partial charge < -0.3 is 16.2 Å². The zero-order chi connectivity index (χ0) is 16.8. The molecule has 4 N–H and O–H groups in total. The van der Waals surface area contributed by atoms with Crippen LogP contribution >= 0.6 is 0 Å². The van der Waals surface area contributed by atoms with Crippen LogP contribution in [0.15, 0.2) is 12.1 Å². The van der Waals surface area contributed by atoms with E-state index in [1.165, 1.54) is 37.7 Å². The van der Waals surface area contributed by atoms with Gasteiger partial charge in [0.15, 0.2) is 0 Å². The molecule has 0 bridgehead atoms. The molecule has 128 valence electrons. The first-order valence-electron chi connectivity index (χ1n) is 8.77. The van der Waals surface area contributed by atoms with Crippen LogP contribution in [0.4, 0.5) is 0 Å². The second kappa shape index (κ2) is 8.46. The standard InChI is InChI=1S/C11H13NO2.C8H17N/c1-7-8(4-5-12)2-3-9-10(7)6-14-11(9)13;1-7-4-2-3-5-8(9)6-7/h2-3H,4-6,12H2,1H3;7-8H,2-6,9H2,1H3. The summed E-state index contributed by atoms with van der Waals surface area (Å²) in [4.78, 5) is 11.2. The minimum atomic E-state index is -0.206. The summed E-state index contributed by atoms with van der Waals surface area (Å²) < 4.78 is 4.97. The Balaban J connectivity index is 0.000000185. The van der Waals surface area contributed by atoms with Crippen LogP contribution in [0.3, 0.4) is 0 Å². The summed E-state index contributed by atoms with van der Waals surface area (Å²) in [5, 5.41) is 0. The van der Waals surface area contributed by atoms with Crippen LogP contribution in [0, 0.1) is 12.8 Å². The Kier molecular flexibility index (Phi) is 6.60. The van der Waals surface area contributed by atoms with Crippen LogP contribution in [0.5, 0.6) is 0 Å². The molecule has 23 heavy (non-hydrogen) atoms. The van der Waals surface area contributed by atoms with E-state index in [1.54, 1.807) is 0 Å². The normalized spacial score (nSPS) is 23.4. The van der Waals surface area contributed by atoms with Crippen LogP contribution in [0.1, 0.15) is 66.1 Å². The van der Waals surface area contributed by atoms with E-state index in [-0.39, 0.29) is 5.97 Å². The molecule has 0 amide bonds. The van der Waals surface area contributed by atoms with E-state index in [9.17, 15) is 4.79 Å². The molecule has 1 aliphatic carbocycles. The Morgan fingerprint density at radius 1 is 1.26 bits per heavy atom. The largest absolute Gasteiger partial charge is 0.457 e. The number of esters is 1.